The lowest BCUT2D eigenvalue weighted by molar-refractivity contribution is 0.0687. The lowest BCUT2D eigenvalue weighted by Crippen LogP contribution is -2.36. The number of nitrogens with one attached hydrogen (secondary N) is 1. The van der Waals surface area contributed by atoms with Gasteiger partial charge in [-0.2, -0.15) is 0 Å². The van der Waals surface area contributed by atoms with Gasteiger partial charge in [-0.05, 0) is 19.4 Å². The molecule has 0 aromatic rings. The first-order valence-electron chi connectivity index (χ1n) is 6.46. The second-order valence-corrected chi connectivity index (χ2v) is 4.89. The van der Waals surface area contributed by atoms with Crippen molar-refractivity contribution in [2.24, 2.45) is 5.92 Å². The fourth-order valence-corrected chi connectivity index (χ4v) is 2.61. The van der Waals surface area contributed by atoms with E-state index in [0.29, 0.717) is 5.92 Å². The number of piperidine rings is 1. The van der Waals surface area contributed by atoms with E-state index in [2.05, 4.69) is 17.1 Å². The van der Waals surface area contributed by atoms with Gasteiger partial charge in [-0.15, -0.1) is 0 Å². The number of hydrogen-bond acceptors (Lipinski definition) is 3. The van der Waals surface area contributed by atoms with E-state index in [-0.39, 0.29) is 12.2 Å². The summed E-state index contributed by atoms with van der Waals surface area (Å²) in [6.45, 7) is 6.14. The zero-order valence-corrected chi connectivity index (χ0v) is 10.1. The van der Waals surface area contributed by atoms with Crippen molar-refractivity contribution in [3.8, 4) is 0 Å². The van der Waals surface area contributed by atoms with Crippen LogP contribution in [0.4, 0.5) is 4.79 Å². The Labute approximate surface area is 97.3 Å². The molecule has 4 nitrogen and oxygen atoms in total. The topological polar surface area (TPSA) is 41.6 Å². The average Bonchev–Trinajstić information content (AvgIpc) is 2.86. The molecule has 0 spiro atoms. The normalized spacial score (nSPS) is 31.7. The van der Waals surface area contributed by atoms with Crippen LogP contribution in [0.25, 0.3) is 0 Å². The van der Waals surface area contributed by atoms with E-state index in [1.807, 2.05) is 0 Å². The smallest absolute Gasteiger partial charge is 0.407 e. The highest BCUT2D eigenvalue weighted by Gasteiger charge is 2.40. The van der Waals surface area contributed by atoms with Crippen molar-refractivity contribution in [1.29, 1.82) is 0 Å². The minimum absolute atomic E-state index is 0.139. The van der Waals surface area contributed by atoms with Gasteiger partial charge in [0.15, 0.2) is 0 Å². The lowest BCUT2D eigenvalue weighted by Gasteiger charge is -2.22. The third kappa shape index (κ3) is 2.88. The molecule has 0 saturated carbocycles. The highest BCUT2D eigenvalue weighted by molar-refractivity contribution is 5.67. The maximum Gasteiger partial charge on any atom is 0.407 e. The molecule has 3 unspecified atom stereocenters. The van der Waals surface area contributed by atoms with Crippen LogP contribution in [0.2, 0.25) is 0 Å². The number of fused-ring (bicyclic) bond motifs is 2. The summed E-state index contributed by atoms with van der Waals surface area (Å²) in [6, 6.07) is 0. The van der Waals surface area contributed by atoms with Crippen molar-refractivity contribution in [3.05, 3.63) is 0 Å². The molecule has 2 fully saturated rings. The van der Waals surface area contributed by atoms with E-state index in [0.717, 1.165) is 26.1 Å². The number of amides is 1. The van der Waals surface area contributed by atoms with Crippen LogP contribution in [0.3, 0.4) is 0 Å². The van der Waals surface area contributed by atoms with E-state index in [4.69, 9.17) is 4.74 Å². The summed E-state index contributed by atoms with van der Waals surface area (Å²) in [4.78, 5) is 13.9. The number of carbonyl (C=O) groups excluding carboxylic acids is 1. The van der Waals surface area contributed by atoms with Gasteiger partial charge in [-0.25, -0.2) is 4.79 Å². The van der Waals surface area contributed by atoms with E-state index in [1.54, 1.807) is 0 Å². The van der Waals surface area contributed by atoms with E-state index in [1.165, 1.54) is 25.8 Å². The largest absolute Gasteiger partial charge is 0.445 e. The minimum Gasteiger partial charge on any atom is -0.445 e. The first-order valence-corrected chi connectivity index (χ1v) is 6.46. The molecule has 4 heteroatoms. The maximum atomic E-state index is 11.5. The Morgan fingerprint density at radius 3 is 2.94 bits per heavy atom. The van der Waals surface area contributed by atoms with Gasteiger partial charge in [0.1, 0.15) is 6.10 Å². The van der Waals surface area contributed by atoms with Crippen LogP contribution in [-0.2, 0) is 4.74 Å². The molecule has 16 heavy (non-hydrogen) atoms. The highest BCUT2D eigenvalue weighted by atomic mass is 16.6. The number of alkyl carbamates (subject to hydrolysis) is 1. The van der Waals surface area contributed by atoms with Crippen molar-refractivity contribution in [3.63, 3.8) is 0 Å². The van der Waals surface area contributed by atoms with Crippen LogP contribution in [0, 0.1) is 5.92 Å². The first-order chi connectivity index (χ1) is 7.79. The Hall–Kier alpha value is -0.770. The second kappa shape index (κ2) is 5.53. The number of hydrogen-bond donors (Lipinski definition) is 1. The molecule has 3 atom stereocenters. The Morgan fingerprint density at radius 2 is 2.31 bits per heavy atom. The molecule has 2 bridgehead atoms. The summed E-state index contributed by atoms with van der Waals surface area (Å²) >= 11 is 0. The lowest BCUT2D eigenvalue weighted by atomic mass is 10.0. The summed E-state index contributed by atoms with van der Waals surface area (Å²) in [5.74, 6) is 0.585. The van der Waals surface area contributed by atoms with Gasteiger partial charge in [0, 0.05) is 25.6 Å². The van der Waals surface area contributed by atoms with E-state index >= 15 is 0 Å². The molecule has 92 valence electrons. The third-order valence-electron chi connectivity index (χ3n) is 3.58. The van der Waals surface area contributed by atoms with Gasteiger partial charge in [0.25, 0.3) is 0 Å². The molecule has 1 N–H and O–H groups in total. The van der Waals surface area contributed by atoms with Crippen LogP contribution in [0.5, 0.6) is 0 Å². The van der Waals surface area contributed by atoms with Crippen LogP contribution in [-0.4, -0.2) is 43.3 Å². The zero-order valence-electron chi connectivity index (χ0n) is 10.1. The summed E-state index contributed by atoms with van der Waals surface area (Å²) in [6.07, 6.45) is 4.49. The Kier molecular flexibility index (Phi) is 4.04. The summed E-state index contributed by atoms with van der Waals surface area (Å²) < 4.78 is 5.43. The van der Waals surface area contributed by atoms with Crippen molar-refractivity contribution in [1.82, 2.24) is 10.2 Å². The van der Waals surface area contributed by atoms with Gasteiger partial charge in [0.05, 0.1) is 0 Å². The molecule has 2 aliphatic rings. The molecule has 0 aromatic carbocycles. The quantitative estimate of drug-likeness (QED) is 0.724. The molecule has 2 saturated heterocycles. The van der Waals surface area contributed by atoms with Crippen LogP contribution in [0.15, 0.2) is 0 Å². The summed E-state index contributed by atoms with van der Waals surface area (Å²) in [7, 11) is 0. The van der Waals surface area contributed by atoms with Gasteiger partial charge < -0.3 is 10.1 Å². The standard InChI is InChI=1S/C12H22N2O2/c1-2-3-4-6-13-12(15)16-11-9-14-7-5-10(11)8-14/h10-11H,2-9H2,1H3,(H,13,15). The molecule has 0 radical (unpaired) electrons. The van der Waals surface area contributed by atoms with Crippen LogP contribution >= 0.6 is 0 Å². The second-order valence-electron chi connectivity index (χ2n) is 4.89. The molecule has 2 aliphatic heterocycles. The van der Waals surface area contributed by atoms with Crippen LogP contribution < -0.4 is 5.32 Å². The fraction of sp³-hybridized carbons (Fsp3) is 0.917. The number of nitrogens with zero attached hydrogens (tertiary/aromatic N) is 1. The Morgan fingerprint density at radius 1 is 1.44 bits per heavy atom. The highest BCUT2D eigenvalue weighted by Crippen LogP contribution is 2.29. The monoisotopic (exact) mass is 226 g/mol. The van der Waals surface area contributed by atoms with E-state index < -0.39 is 0 Å². The summed E-state index contributed by atoms with van der Waals surface area (Å²) in [5.41, 5.74) is 0. The third-order valence-corrected chi connectivity index (χ3v) is 3.58. The number of carbonyl (C=O) groups is 1. The Balaban J connectivity index is 1.60. The number of unbranched alkanes of at least 4 members (excludes halogenated alkanes) is 2. The molecular formula is C12H22N2O2. The van der Waals surface area contributed by atoms with Crippen molar-refractivity contribution in [2.75, 3.05) is 26.2 Å². The molecule has 1 amide bonds. The van der Waals surface area contributed by atoms with Gasteiger partial charge in [0.2, 0.25) is 0 Å². The molecular weight excluding hydrogens is 204 g/mol. The van der Waals surface area contributed by atoms with Crippen molar-refractivity contribution >= 4 is 6.09 Å². The van der Waals surface area contributed by atoms with Gasteiger partial charge >= 0.3 is 6.09 Å². The molecule has 0 aromatic heterocycles. The number of ether oxygens (including phenoxy) is 1. The van der Waals surface area contributed by atoms with Crippen molar-refractivity contribution in [2.45, 2.75) is 38.7 Å². The van der Waals surface area contributed by atoms with Crippen LogP contribution in [0.1, 0.15) is 32.6 Å². The first kappa shape index (κ1) is 11.7. The fourth-order valence-electron chi connectivity index (χ4n) is 2.61. The van der Waals surface area contributed by atoms with Crippen molar-refractivity contribution < 1.29 is 9.53 Å². The zero-order chi connectivity index (χ0) is 11.4. The maximum absolute atomic E-state index is 11.5. The van der Waals surface area contributed by atoms with Gasteiger partial charge in [-0.3, -0.25) is 4.90 Å². The predicted octanol–water partition coefficient (Wildman–Crippen LogP) is 1.61. The molecule has 2 heterocycles. The number of rotatable bonds is 5. The minimum atomic E-state index is -0.227. The SMILES string of the molecule is CCCCCNC(=O)OC1CN2CCC1C2. The summed E-state index contributed by atoms with van der Waals surface area (Å²) in [5, 5.41) is 2.82. The molecule has 2 rings (SSSR count). The van der Waals surface area contributed by atoms with E-state index in [9.17, 15) is 4.79 Å². The van der Waals surface area contributed by atoms with Gasteiger partial charge in [-0.1, -0.05) is 19.8 Å². The molecule has 0 aliphatic carbocycles. The average molecular weight is 226 g/mol. The Bertz CT molecular complexity index is 245. The predicted molar refractivity (Wildman–Crippen MR) is 62.3 cm³/mol.